The van der Waals surface area contributed by atoms with Crippen LogP contribution in [0.25, 0.3) is 6.08 Å². The minimum absolute atomic E-state index is 0.0529. The van der Waals surface area contributed by atoms with Crippen LogP contribution in [0, 0.1) is 0 Å². The number of unbranched alkanes of at least 4 members (excludes halogenated alkanes) is 2. The van der Waals surface area contributed by atoms with Crippen LogP contribution in [0.2, 0.25) is 0 Å². The summed E-state index contributed by atoms with van der Waals surface area (Å²) in [5.74, 6) is -0.169. The molecule has 39 heavy (non-hydrogen) atoms. The molecule has 0 aliphatic carbocycles. The van der Waals surface area contributed by atoms with Crippen LogP contribution in [-0.4, -0.2) is 60.8 Å². The van der Waals surface area contributed by atoms with Crippen molar-refractivity contribution in [2.24, 2.45) is 5.73 Å². The molecule has 0 radical (unpaired) electrons. The molecule has 2 heterocycles. The van der Waals surface area contributed by atoms with E-state index < -0.39 is 48.1 Å². The van der Waals surface area contributed by atoms with Crippen LogP contribution < -0.4 is 22.5 Å². The van der Waals surface area contributed by atoms with E-state index in [0.29, 0.717) is 18.5 Å². The fraction of sp³-hybridized carbons (Fsp3) is 0.611. The Morgan fingerprint density at radius 1 is 1.15 bits per heavy atom. The average Bonchev–Trinajstić information content (AvgIpc) is 3.26. The van der Waals surface area contributed by atoms with Gasteiger partial charge in [0.05, 0.1) is 12.7 Å². The van der Waals surface area contributed by atoms with Crippen molar-refractivity contribution in [1.29, 1.82) is 0 Å². The number of ether oxygens (including phenoxy) is 1. The molecule has 1 saturated heterocycles. The molecule has 9 N–H and O–H groups in total. The fourth-order valence-corrected chi connectivity index (χ4v) is 6.43. The highest BCUT2D eigenvalue weighted by Crippen LogP contribution is 2.66. The van der Waals surface area contributed by atoms with Crippen LogP contribution in [0.15, 0.2) is 17.1 Å². The van der Waals surface area contributed by atoms with E-state index in [1.807, 2.05) is 0 Å². The molecule has 2 rings (SSSR count). The Labute approximate surface area is 222 Å². The summed E-state index contributed by atoms with van der Waals surface area (Å²) < 4.78 is 52.6. The third-order valence-electron chi connectivity index (χ3n) is 5.07. The van der Waals surface area contributed by atoms with Gasteiger partial charge in [0.25, 0.3) is 0 Å². The largest absolute Gasteiger partial charge is 0.490 e. The van der Waals surface area contributed by atoms with Crippen molar-refractivity contribution < 1.29 is 55.9 Å². The number of nitrogens with one attached hydrogen (secondary N) is 1. The second-order valence-electron chi connectivity index (χ2n) is 8.25. The van der Waals surface area contributed by atoms with E-state index in [-0.39, 0.29) is 31.1 Å². The summed E-state index contributed by atoms with van der Waals surface area (Å²) in [5.41, 5.74) is 10.9. The maximum absolute atomic E-state index is 12.4. The Kier molecular flexibility index (Phi) is 12.6. The molecule has 1 aliphatic heterocycles. The van der Waals surface area contributed by atoms with Gasteiger partial charge in [-0.2, -0.15) is 13.6 Å². The van der Waals surface area contributed by atoms with Gasteiger partial charge < -0.3 is 41.1 Å². The van der Waals surface area contributed by atoms with E-state index in [4.69, 9.17) is 26.0 Å². The molecule has 222 valence electrons. The summed E-state index contributed by atoms with van der Waals surface area (Å²) in [4.78, 5) is 63.8. The first kappa shape index (κ1) is 33.4. The lowest BCUT2D eigenvalue weighted by Crippen LogP contribution is -2.29. The Morgan fingerprint density at radius 3 is 2.54 bits per heavy atom. The highest BCUT2D eigenvalue weighted by molar-refractivity contribution is 7.66. The van der Waals surface area contributed by atoms with E-state index in [1.54, 1.807) is 12.2 Å². The Hall–Kier alpha value is -1.78. The second kappa shape index (κ2) is 14.7. The fourth-order valence-electron chi connectivity index (χ4n) is 3.38. The first-order valence-electron chi connectivity index (χ1n) is 11.6. The van der Waals surface area contributed by atoms with Gasteiger partial charge in [0.15, 0.2) is 0 Å². The highest BCUT2D eigenvalue weighted by Gasteiger charge is 2.41. The van der Waals surface area contributed by atoms with Gasteiger partial charge in [0, 0.05) is 24.7 Å². The number of rotatable bonds is 16. The van der Waals surface area contributed by atoms with Gasteiger partial charge in [-0.15, -0.1) is 0 Å². The lowest BCUT2D eigenvalue weighted by atomic mass is 10.2. The van der Waals surface area contributed by atoms with E-state index in [2.05, 4.69) is 23.4 Å². The van der Waals surface area contributed by atoms with Crippen molar-refractivity contribution in [2.45, 2.75) is 50.9 Å². The molecule has 1 aromatic rings. The number of phosphoric acid groups is 3. The monoisotopic (exact) mass is 619 g/mol. The van der Waals surface area contributed by atoms with Crippen LogP contribution in [0.1, 0.15) is 50.3 Å². The normalized spacial score (nSPS) is 21.1. The van der Waals surface area contributed by atoms with Crippen LogP contribution in [-0.2, 0) is 36.4 Å². The standard InChI is InChI=1S/C18H32N5O13P3/c19-9-3-1-2-6-15(24)21-10-4-5-13-11-23(18(25)22-17(13)20)16-8-7-14(34-16)12-33-38(29,30)36-39(31,32)35-37(26,27)28/h4-5,11,14,16H,1-3,6-10,12,19H2,(H,21,24)(H,29,30)(H,31,32)(H2,20,22,25)(H2,26,27,28)/b5-4+/t14-,16+/m0/s1. The number of anilines is 1. The lowest BCUT2D eigenvalue weighted by Gasteiger charge is -2.19. The van der Waals surface area contributed by atoms with Crippen molar-refractivity contribution in [3.63, 3.8) is 0 Å². The van der Waals surface area contributed by atoms with Gasteiger partial charge in [-0.1, -0.05) is 18.6 Å². The molecule has 1 fully saturated rings. The van der Waals surface area contributed by atoms with Crippen LogP contribution in [0.3, 0.4) is 0 Å². The first-order valence-corrected chi connectivity index (χ1v) is 16.1. The predicted molar refractivity (Wildman–Crippen MR) is 135 cm³/mol. The highest BCUT2D eigenvalue weighted by atomic mass is 31.3. The first-order chi connectivity index (χ1) is 18.1. The molecule has 1 aliphatic rings. The molecular weight excluding hydrogens is 587 g/mol. The van der Waals surface area contributed by atoms with E-state index in [1.165, 1.54) is 6.20 Å². The Morgan fingerprint density at radius 2 is 1.87 bits per heavy atom. The van der Waals surface area contributed by atoms with E-state index >= 15 is 0 Å². The van der Waals surface area contributed by atoms with Crippen molar-refractivity contribution >= 4 is 41.3 Å². The summed E-state index contributed by atoms with van der Waals surface area (Å²) in [5, 5.41) is 2.73. The molecule has 18 nitrogen and oxygen atoms in total. The molecule has 21 heteroatoms. The number of carbonyl (C=O) groups is 1. The lowest BCUT2D eigenvalue weighted by molar-refractivity contribution is -0.121. The molecule has 0 spiro atoms. The molecule has 4 atom stereocenters. The van der Waals surface area contributed by atoms with Gasteiger partial charge in [-0.25, -0.2) is 18.5 Å². The SMILES string of the molecule is NCCCCCC(=O)NC/C=C/c1cn([C@H]2CC[C@@H](COP(=O)(O)OP(=O)(O)OP(=O)(O)O)O2)c(=O)nc1N. The van der Waals surface area contributed by atoms with Crippen LogP contribution in [0.4, 0.5) is 5.82 Å². The number of nitrogens with zero attached hydrogens (tertiary/aromatic N) is 2. The summed E-state index contributed by atoms with van der Waals surface area (Å²) in [6, 6.07) is 0. The molecular formula is C18H32N5O13P3. The van der Waals surface area contributed by atoms with Crippen LogP contribution in [0.5, 0.6) is 0 Å². The van der Waals surface area contributed by atoms with E-state index in [0.717, 1.165) is 23.8 Å². The molecule has 0 saturated carbocycles. The minimum Gasteiger partial charge on any atom is -0.383 e. The number of amides is 1. The van der Waals surface area contributed by atoms with Crippen LogP contribution >= 0.6 is 23.5 Å². The number of phosphoric ester groups is 1. The van der Waals surface area contributed by atoms with E-state index in [9.17, 15) is 33.1 Å². The third kappa shape index (κ3) is 12.5. The van der Waals surface area contributed by atoms with Gasteiger partial charge in [0.1, 0.15) is 12.0 Å². The zero-order valence-corrected chi connectivity index (χ0v) is 23.3. The summed E-state index contributed by atoms with van der Waals surface area (Å²) in [6.07, 6.45) is 6.16. The number of hydrogen-bond donors (Lipinski definition) is 7. The third-order valence-corrected chi connectivity index (χ3v) is 8.87. The summed E-state index contributed by atoms with van der Waals surface area (Å²) in [7, 11) is -16.5. The van der Waals surface area contributed by atoms with Gasteiger partial charge in [0.2, 0.25) is 5.91 Å². The van der Waals surface area contributed by atoms with Crippen molar-refractivity contribution in [3.05, 3.63) is 28.3 Å². The zero-order valence-electron chi connectivity index (χ0n) is 20.6. The summed E-state index contributed by atoms with van der Waals surface area (Å²) in [6.45, 7) is 0.156. The zero-order chi connectivity index (χ0) is 29.3. The molecule has 1 aromatic heterocycles. The van der Waals surface area contributed by atoms with Gasteiger partial charge in [-0.3, -0.25) is 13.9 Å². The number of nitrogens with two attached hydrogens (primary N) is 2. The van der Waals surface area contributed by atoms with Crippen molar-refractivity contribution in [2.75, 3.05) is 25.4 Å². The maximum Gasteiger partial charge on any atom is 0.490 e. The van der Waals surface area contributed by atoms with Crippen molar-refractivity contribution in [3.8, 4) is 0 Å². The van der Waals surface area contributed by atoms with Crippen molar-refractivity contribution in [1.82, 2.24) is 14.9 Å². The molecule has 0 bridgehead atoms. The molecule has 2 unspecified atom stereocenters. The number of nitrogen functional groups attached to an aromatic ring is 1. The van der Waals surface area contributed by atoms with Gasteiger partial charge in [-0.05, 0) is 32.2 Å². The Balaban J connectivity index is 1.92. The quantitative estimate of drug-likeness (QED) is 0.0979. The predicted octanol–water partition coefficient (Wildman–Crippen LogP) is 0.495. The smallest absolute Gasteiger partial charge is 0.383 e. The minimum atomic E-state index is -5.64. The average molecular weight is 619 g/mol. The number of hydrogen-bond acceptors (Lipinski definition) is 12. The molecule has 0 aromatic carbocycles. The Bertz CT molecular complexity index is 1220. The maximum atomic E-state index is 12.4. The number of aromatic nitrogens is 2. The second-order valence-corrected chi connectivity index (χ2v) is 12.7. The summed E-state index contributed by atoms with van der Waals surface area (Å²) >= 11 is 0. The number of carbonyl (C=O) groups excluding carboxylic acids is 1. The topological polar surface area (TPSA) is 285 Å². The molecule has 1 amide bonds. The van der Waals surface area contributed by atoms with Gasteiger partial charge >= 0.3 is 29.2 Å².